The van der Waals surface area contributed by atoms with Crippen LogP contribution >= 0.6 is 0 Å². The second kappa shape index (κ2) is 9.77. The van der Waals surface area contributed by atoms with Gasteiger partial charge in [0, 0.05) is 48.4 Å². The van der Waals surface area contributed by atoms with Gasteiger partial charge >= 0.3 is 5.69 Å². The summed E-state index contributed by atoms with van der Waals surface area (Å²) in [7, 11) is 1.72. The third-order valence-corrected chi connectivity index (χ3v) is 6.86. The smallest absolute Gasteiger partial charge is 0.326 e. The summed E-state index contributed by atoms with van der Waals surface area (Å²) in [5, 5.41) is 0.705. The Hall–Kier alpha value is -3.26. The molecule has 35 heavy (non-hydrogen) atoms. The minimum atomic E-state index is -0.380. The highest BCUT2D eigenvalue weighted by molar-refractivity contribution is 6.05. The van der Waals surface area contributed by atoms with Gasteiger partial charge in [-0.05, 0) is 50.4 Å². The van der Waals surface area contributed by atoms with Crippen LogP contribution in [0.4, 0.5) is 4.39 Å². The number of hydrogen-bond acceptors (Lipinski definition) is 5. The third-order valence-electron chi connectivity index (χ3n) is 6.86. The Morgan fingerprint density at radius 3 is 2.69 bits per heavy atom. The van der Waals surface area contributed by atoms with Crippen molar-refractivity contribution < 1.29 is 9.13 Å². The normalized spacial score (nSPS) is 14.9. The SMILES string of the molecule is CC(C)c1nc2cc(F)c(-c3ccc(OCCCN4CCCCC4)nc3)cc2c2[nH]c(=O)n(C)c12. The van der Waals surface area contributed by atoms with E-state index in [0.29, 0.717) is 40.0 Å². The zero-order valence-corrected chi connectivity index (χ0v) is 20.6. The molecule has 0 bridgehead atoms. The van der Waals surface area contributed by atoms with Crippen molar-refractivity contribution >= 4 is 21.9 Å². The van der Waals surface area contributed by atoms with Gasteiger partial charge in [-0.1, -0.05) is 20.3 Å². The summed E-state index contributed by atoms with van der Waals surface area (Å²) in [5.74, 6) is 0.239. The minimum Gasteiger partial charge on any atom is -0.478 e. The van der Waals surface area contributed by atoms with Crippen molar-refractivity contribution in [2.75, 3.05) is 26.2 Å². The number of aromatic nitrogens is 4. The molecule has 0 spiro atoms. The molecule has 0 amide bonds. The molecule has 0 radical (unpaired) electrons. The predicted molar refractivity (Wildman–Crippen MR) is 137 cm³/mol. The number of benzene rings is 1. The lowest BCUT2D eigenvalue weighted by molar-refractivity contribution is 0.203. The van der Waals surface area contributed by atoms with Crippen molar-refractivity contribution in [3.8, 4) is 17.0 Å². The quantitative estimate of drug-likeness (QED) is 0.380. The number of likely N-dealkylation sites (tertiary alicyclic amines) is 1. The van der Waals surface area contributed by atoms with Gasteiger partial charge in [-0.2, -0.15) is 0 Å². The van der Waals surface area contributed by atoms with Crippen molar-refractivity contribution in [1.82, 2.24) is 24.4 Å². The lowest BCUT2D eigenvalue weighted by Gasteiger charge is -2.26. The molecule has 0 aliphatic carbocycles. The lowest BCUT2D eigenvalue weighted by Crippen LogP contribution is -2.31. The molecule has 1 aliphatic rings. The fourth-order valence-corrected chi connectivity index (χ4v) is 4.95. The van der Waals surface area contributed by atoms with E-state index in [0.717, 1.165) is 24.2 Å². The van der Waals surface area contributed by atoms with E-state index in [2.05, 4.69) is 14.9 Å². The average Bonchev–Trinajstić information content (AvgIpc) is 3.16. The number of pyridine rings is 2. The summed E-state index contributed by atoms with van der Waals surface area (Å²) in [6.07, 6.45) is 6.50. The second-order valence-corrected chi connectivity index (χ2v) is 9.70. The Balaban J connectivity index is 1.39. The Bertz CT molecular complexity index is 1400. The summed E-state index contributed by atoms with van der Waals surface area (Å²) in [6, 6.07) is 6.78. The van der Waals surface area contributed by atoms with Crippen LogP contribution in [0, 0.1) is 5.82 Å². The van der Waals surface area contributed by atoms with E-state index >= 15 is 4.39 Å². The van der Waals surface area contributed by atoms with Gasteiger partial charge in [0.05, 0.1) is 28.9 Å². The first-order valence-corrected chi connectivity index (χ1v) is 12.5. The molecule has 1 N–H and O–H groups in total. The number of H-pyrrole nitrogens is 1. The Kier molecular flexibility index (Phi) is 6.56. The molecule has 7 nitrogen and oxygen atoms in total. The largest absolute Gasteiger partial charge is 0.478 e. The van der Waals surface area contributed by atoms with Crippen LogP contribution in [0.2, 0.25) is 0 Å². The Morgan fingerprint density at radius 2 is 1.97 bits per heavy atom. The molecule has 3 aromatic heterocycles. The van der Waals surface area contributed by atoms with E-state index in [1.54, 1.807) is 29.9 Å². The van der Waals surface area contributed by atoms with Gasteiger partial charge in [0.1, 0.15) is 5.82 Å². The molecule has 0 saturated carbocycles. The van der Waals surface area contributed by atoms with E-state index in [9.17, 15) is 4.79 Å². The highest BCUT2D eigenvalue weighted by atomic mass is 19.1. The maximum atomic E-state index is 15.2. The number of nitrogens with one attached hydrogen (secondary N) is 1. The highest BCUT2D eigenvalue weighted by Crippen LogP contribution is 2.33. The van der Waals surface area contributed by atoms with Crippen molar-refractivity contribution in [2.24, 2.45) is 7.05 Å². The molecule has 1 aromatic carbocycles. The van der Waals surface area contributed by atoms with Gasteiger partial charge in [-0.25, -0.2) is 14.2 Å². The number of nitrogens with zero attached hydrogens (tertiary/aromatic N) is 4. The van der Waals surface area contributed by atoms with Crippen LogP contribution < -0.4 is 10.4 Å². The number of ether oxygens (including phenoxy) is 1. The maximum Gasteiger partial charge on any atom is 0.326 e. The zero-order chi connectivity index (χ0) is 24.5. The Labute approximate surface area is 204 Å². The molecule has 8 heteroatoms. The summed E-state index contributed by atoms with van der Waals surface area (Å²) in [5.41, 5.74) is 3.55. The van der Waals surface area contributed by atoms with Crippen LogP contribution in [0.25, 0.3) is 33.1 Å². The van der Waals surface area contributed by atoms with E-state index in [1.807, 2.05) is 19.9 Å². The number of piperidine rings is 1. The van der Waals surface area contributed by atoms with Crippen molar-refractivity contribution in [3.05, 3.63) is 52.5 Å². The number of rotatable bonds is 7. The molecule has 0 unspecified atom stereocenters. The van der Waals surface area contributed by atoms with E-state index in [4.69, 9.17) is 9.72 Å². The first-order chi connectivity index (χ1) is 16.9. The van der Waals surface area contributed by atoms with Gasteiger partial charge < -0.3 is 14.6 Å². The minimum absolute atomic E-state index is 0.0858. The molecule has 1 saturated heterocycles. The Morgan fingerprint density at radius 1 is 1.17 bits per heavy atom. The van der Waals surface area contributed by atoms with Crippen LogP contribution in [0.15, 0.2) is 35.3 Å². The summed E-state index contributed by atoms with van der Waals surface area (Å²) >= 11 is 0. The van der Waals surface area contributed by atoms with E-state index < -0.39 is 0 Å². The van der Waals surface area contributed by atoms with Crippen LogP contribution in [0.3, 0.4) is 0 Å². The summed E-state index contributed by atoms with van der Waals surface area (Å²) in [4.78, 5) is 26.9. The number of aryl methyl sites for hydroxylation is 1. The van der Waals surface area contributed by atoms with Gasteiger partial charge in [-0.15, -0.1) is 0 Å². The first-order valence-electron chi connectivity index (χ1n) is 12.5. The number of fused-ring (bicyclic) bond motifs is 3. The number of imidazole rings is 1. The third kappa shape index (κ3) is 4.67. The van der Waals surface area contributed by atoms with E-state index in [-0.39, 0.29) is 17.4 Å². The summed E-state index contributed by atoms with van der Waals surface area (Å²) in [6.45, 7) is 8.04. The molecule has 1 fully saturated rings. The van der Waals surface area contributed by atoms with Crippen molar-refractivity contribution in [2.45, 2.75) is 45.4 Å². The lowest BCUT2D eigenvalue weighted by atomic mass is 10.0. The van der Waals surface area contributed by atoms with Crippen molar-refractivity contribution in [1.29, 1.82) is 0 Å². The predicted octanol–water partition coefficient (Wildman–Crippen LogP) is 4.99. The summed E-state index contributed by atoms with van der Waals surface area (Å²) < 4.78 is 22.5. The zero-order valence-electron chi connectivity index (χ0n) is 20.6. The van der Waals surface area contributed by atoms with Crippen LogP contribution in [0.1, 0.15) is 51.1 Å². The maximum absolute atomic E-state index is 15.2. The standard InChI is InChI=1S/C27H32FN5O2/c1-17(2)24-26-25(31-27(34)32(26)3)20-14-19(21(28)15-22(20)30-24)18-8-9-23(29-16-18)35-13-7-12-33-10-5-4-6-11-33/h8-9,14-17H,4-7,10-13H2,1-3H3,(H,31,34). The molecule has 4 aromatic rings. The highest BCUT2D eigenvalue weighted by Gasteiger charge is 2.19. The number of halogens is 1. The van der Waals surface area contributed by atoms with Crippen LogP contribution in [-0.2, 0) is 7.05 Å². The number of hydrogen-bond donors (Lipinski definition) is 1. The molecule has 184 valence electrons. The van der Waals surface area contributed by atoms with Gasteiger partial charge in [0.25, 0.3) is 0 Å². The second-order valence-electron chi connectivity index (χ2n) is 9.70. The van der Waals surface area contributed by atoms with Gasteiger partial charge in [0.2, 0.25) is 5.88 Å². The average molecular weight is 478 g/mol. The monoisotopic (exact) mass is 477 g/mol. The molecule has 1 aliphatic heterocycles. The molecule has 4 heterocycles. The fourth-order valence-electron chi connectivity index (χ4n) is 4.95. The first kappa shape index (κ1) is 23.5. The van der Waals surface area contributed by atoms with Gasteiger partial charge in [0.15, 0.2) is 0 Å². The fraction of sp³-hybridized carbons (Fsp3) is 0.444. The topological polar surface area (TPSA) is 76.0 Å². The van der Waals surface area contributed by atoms with Crippen molar-refractivity contribution in [3.63, 3.8) is 0 Å². The molecular formula is C27H32FN5O2. The van der Waals surface area contributed by atoms with Crippen LogP contribution in [0.5, 0.6) is 5.88 Å². The molecule has 5 rings (SSSR count). The van der Waals surface area contributed by atoms with E-state index in [1.165, 1.54) is 38.4 Å². The number of aromatic amines is 1. The molecule has 0 atom stereocenters. The van der Waals surface area contributed by atoms with Gasteiger partial charge in [-0.3, -0.25) is 9.55 Å². The molecular weight excluding hydrogens is 445 g/mol. The van der Waals surface area contributed by atoms with Crippen LogP contribution in [-0.4, -0.2) is 50.7 Å².